The van der Waals surface area contributed by atoms with Gasteiger partial charge in [-0.25, -0.2) is 0 Å². The molecule has 2 aliphatic rings. The van der Waals surface area contributed by atoms with Crippen molar-refractivity contribution in [2.24, 2.45) is 0 Å². The fourth-order valence-corrected chi connectivity index (χ4v) is 4.64. The Hall–Kier alpha value is -1.88. The molecule has 1 aliphatic carbocycles. The highest BCUT2D eigenvalue weighted by molar-refractivity contribution is 7.80. The van der Waals surface area contributed by atoms with Crippen molar-refractivity contribution >= 4 is 17.3 Å². The minimum atomic E-state index is 0.105. The highest BCUT2D eigenvalue weighted by Gasteiger charge is 2.41. The third kappa shape index (κ3) is 3.02. The number of hydrogen-bond donors (Lipinski definition) is 1. The van der Waals surface area contributed by atoms with Gasteiger partial charge in [-0.2, -0.15) is 0 Å². The Morgan fingerprint density at radius 1 is 1.27 bits per heavy atom. The van der Waals surface area contributed by atoms with Crippen LogP contribution < -0.4 is 5.32 Å². The molecule has 0 bridgehead atoms. The largest absolute Gasteiger partial charge is 0.352 e. The van der Waals surface area contributed by atoms with Crippen LogP contribution in [0.2, 0.25) is 0 Å². The quantitative estimate of drug-likeness (QED) is 0.755. The Labute approximate surface area is 161 Å². The molecule has 4 nitrogen and oxygen atoms in total. The SMILES string of the molecule is CCCCN1C(=S)NC(c2ccccn2)C1c1cc(C)n(C2CC2)c1C. The Bertz CT molecular complexity index is 794. The number of aromatic nitrogens is 2. The van der Waals surface area contributed by atoms with Crippen LogP contribution in [0.5, 0.6) is 0 Å². The first-order valence-corrected chi connectivity index (χ1v) is 10.2. The van der Waals surface area contributed by atoms with Gasteiger partial charge in [-0.1, -0.05) is 19.4 Å². The lowest BCUT2D eigenvalue weighted by molar-refractivity contribution is 0.311. The van der Waals surface area contributed by atoms with Crippen molar-refractivity contribution in [3.63, 3.8) is 0 Å². The summed E-state index contributed by atoms with van der Waals surface area (Å²) < 4.78 is 2.53. The van der Waals surface area contributed by atoms with Gasteiger partial charge in [0.2, 0.25) is 0 Å². The highest BCUT2D eigenvalue weighted by Crippen LogP contribution is 2.44. The average molecular weight is 369 g/mol. The van der Waals surface area contributed by atoms with Gasteiger partial charge in [0.25, 0.3) is 0 Å². The van der Waals surface area contributed by atoms with Crippen LogP contribution in [0.4, 0.5) is 0 Å². The maximum atomic E-state index is 5.74. The van der Waals surface area contributed by atoms with E-state index in [2.05, 4.69) is 58.7 Å². The maximum absolute atomic E-state index is 5.74. The number of thiocarbonyl (C=S) groups is 1. The van der Waals surface area contributed by atoms with E-state index in [1.54, 1.807) is 0 Å². The first kappa shape index (κ1) is 17.5. The Morgan fingerprint density at radius 2 is 2.08 bits per heavy atom. The van der Waals surface area contributed by atoms with Crippen LogP contribution in [-0.4, -0.2) is 26.1 Å². The zero-order valence-electron chi connectivity index (χ0n) is 15.9. The minimum absolute atomic E-state index is 0.105. The second kappa shape index (κ2) is 7.03. The molecule has 1 N–H and O–H groups in total. The Balaban J connectivity index is 1.76. The van der Waals surface area contributed by atoms with E-state index in [9.17, 15) is 0 Å². The molecule has 3 heterocycles. The van der Waals surface area contributed by atoms with Crippen molar-refractivity contribution in [1.29, 1.82) is 0 Å². The first-order chi connectivity index (χ1) is 12.6. The molecule has 26 heavy (non-hydrogen) atoms. The van der Waals surface area contributed by atoms with Crippen molar-refractivity contribution in [1.82, 2.24) is 19.8 Å². The molecule has 2 atom stereocenters. The van der Waals surface area contributed by atoms with Crippen LogP contribution in [0.25, 0.3) is 0 Å². The molecule has 1 saturated heterocycles. The molecule has 5 heteroatoms. The topological polar surface area (TPSA) is 33.1 Å². The second-order valence-corrected chi connectivity index (χ2v) is 7.99. The molecule has 0 amide bonds. The molecule has 138 valence electrons. The third-order valence-corrected chi connectivity index (χ3v) is 6.06. The van der Waals surface area contributed by atoms with Crippen molar-refractivity contribution < 1.29 is 0 Å². The van der Waals surface area contributed by atoms with E-state index in [-0.39, 0.29) is 12.1 Å². The summed E-state index contributed by atoms with van der Waals surface area (Å²) in [6.45, 7) is 7.73. The number of nitrogens with one attached hydrogen (secondary N) is 1. The van der Waals surface area contributed by atoms with E-state index in [4.69, 9.17) is 12.2 Å². The van der Waals surface area contributed by atoms with Crippen LogP contribution in [0, 0.1) is 13.8 Å². The fourth-order valence-electron chi connectivity index (χ4n) is 4.31. The number of nitrogens with zero attached hydrogens (tertiary/aromatic N) is 3. The van der Waals surface area contributed by atoms with Crippen molar-refractivity contribution in [3.05, 3.63) is 53.1 Å². The molecule has 0 radical (unpaired) electrons. The van der Waals surface area contributed by atoms with Crippen molar-refractivity contribution in [2.75, 3.05) is 6.54 Å². The number of aryl methyl sites for hydroxylation is 1. The molecule has 2 fully saturated rings. The molecular formula is C21H28N4S. The van der Waals surface area contributed by atoms with E-state index < -0.39 is 0 Å². The van der Waals surface area contributed by atoms with E-state index in [1.165, 1.54) is 36.2 Å². The van der Waals surface area contributed by atoms with Gasteiger partial charge in [-0.15, -0.1) is 0 Å². The molecule has 1 aliphatic heterocycles. The van der Waals surface area contributed by atoms with Gasteiger partial charge in [0.1, 0.15) is 0 Å². The fraction of sp³-hybridized carbons (Fsp3) is 0.524. The predicted molar refractivity (Wildman–Crippen MR) is 109 cm³/mol. The van der Waals surface area contributed by atoms with Crippen molar-refractivity contribution in [3.8, 4) is 0 Å². The molecule has 1 saturated carbocycles. The number of pyridine rings is 1. The summed E-state index contributed by atoms with van der Waals surface area (Å²) in [5.74, 6) is 0. The number of hydrogen-bond acceptors (Lipinski definition) is 2. The highest BCUT2D eigenvalue weighted by atomic mass is 32.1. The van der Waals surface area contributed by atoms with E-state index >= 15 is 0 Å². The van der Waals surface area contributed by atoms with Gasteiger partial charge in [-0.3, -0.25) is 4.98 Å². The van der Waals surface area contributed by atoms with Crippen molar-refractivity contribution in [2.45, 2.75) is 64.6 Å². The van der Waals surface area contributed by atoms with Gasteiger partial charge in [0, 0.05) is 30.2 Å². The van der Waals surface area contributed by atoms with Crippen LogP contribution in [0.15, 0.2) is 30.5 Å². The van der Waals surface area contributed by atoms with E-state index in [0.29, 0.717) is 6.04 Å². The molecular weight excluding hydrogens is 340 g/mol. The Kier molecular flexibility index (Phi) is 4.74. The lowest BCUT2D eigenvalue weighted by Gasteiger charge is -2.28. The number of rotatable bonds is 6. The van der Waals surface area contributed by atoms with Gasteiger partial charge < -0.3 is 14.8 Å². The summed E-state index contributed by atoms with van der Waals surface area (Å²) in [6, 6.07) is 9.53. The lowest BCUT2D eigenvalue weighted by Crippen LogP contribution is -2.30. The minimum Gasteiger partial charge on any atom is -0.352 e. The molecule has 4 rings (SSSR count). The normalized spacial score (nSPS) is 22.7. The molecule has 2 aromatic heterocycles. The summed E-state index contributed by atoms with van der Waals surface area (Å²) in [5.41, 5.74) is 5.22. The zero-order chi connectivity index (χ0) is 18.3. The van der Waals surface area contributed by atoms with Crippen LogP contribution >= 0.6 is 12.2 Å². The summed E-state index contributed by atoms with van der Waals surface area (Å²) in [4.78, 5) is 7.02. The Morgan fingerprint density at radius 3 is 2.73 bits per heavy atom. The standard InChI is InChI=1S/C21H28N4S/c1-4-5-12-24-20(17-13-14(2)25(15(17)3)16-9-10-16)19(23-21(24)26)18-8-6-7-11-22-18/h6-8,11,13,16,19-20H,4-5,9-10,12H2,1-3H3,(H,23,26). The summed E-state index contributed by atoms with van der Waals surface area (Å²) in [5, 5.41) is 4.42. The molecule has 2 aromatic rings. The average Bonchev–Trinajstić information content (AvgIpc) is 3.36. The summed E-state index contributed by atoms with van der Waals surface area (Å²) in [7, 11) is 0. The first-order valence-electron chi connectivity index (χ1n) is 9.78. The van der Waals surface area contributed by atoms with Crippen LogP contribution in [-0.2, 0) is 0 Å². The second-order valence-electron chi connectivity index (χ2n) is 7.60. The number of unbranched alkanes of at least 4 members (excludes halogenated alkanes) is 1. The summed E-state index contributed by atoms with van der Waals surface area (Å²) >= 11 is 5.74. The van der Waals surface area contributed by atoms with Gasteiger partial charge in [0.05, 0.1) is 17.8 Å². The maximum Gasteiger partial charge on any atom is 0.170 e. The third-order valence-electron chi connectivity index (χ3n) is 5.70. The molecule has 0 aromatic carbocycles. The predicted octanol–water partition coefficient (Wildman–Crippen LogP) is 4.61. The van der Waals surface area contributed by atoms with Gasteiger partial charge >= 0.3 is 0 Å². The molecule has 0 spiro atoms. The molecule has 2 unspecified atom stereocenters. The van der Waals surface area contributed by atoms with Gasteiger partial charge in [-0.05, 0) is 69.1 Å². The monoisotopic (exact) mass is 368 g/mol. The smallest absolute Gasteiger partial charge is 0.170 e. The van der Waals surface area contributed by atoms with Gasteiger partial charge in [0.15, 0.2) is 5.11 Å². The zero-order valence-corrected chi connectivity index (χ0v) is 16.7. The van der Waals surface area contributed by atoms with E-state index in [0.717, 1.165) is 23.8 Å². The summed E-state index contributed by atoms with van der Waals surface area (Å²) in [6.07, 6.45) is 6.80. The van der Waals surface area contributed by atoms with Crippen LogP contribution in [0.3, 0.4) is 0 Å². The lowest BCUT2D eigenvalue weighted by atomic mass is 9.96. The van der Waals surface area contributed by atoms with E-state index in [1.807, 2.05) is 12.3 Å². The van der Waals surface area contributed by atoms with Crippen LogP contribution in [0.1, 0.15) is 73.4 Å².